The first-order valence-corrected chi connectivity index (χ1v) is 7.66. The quantitative estimate of drug-likeness (QED) is 0.889. The first-order chi connectivity index (χ1) is 10.6. The van der Waals surface area contributed by atoms with Gasteiger partial charge in [-0.25, -0.2) is 0 Å². The van der Waals surface area contributed by atoms with E-state index in [9.17, 15) is 8.78 Å². The van der Waals surface area contributed by atoms with Crippen LogP contribution in [-0.2, 0) is 6.54 Å². The average Bonchev–Trinajstić information content (AvgIpc) is 3.01. The molecule has 1 aliphatic carbocycles. The Bertz CT molecular complexity index is 533. The van der Waals surface area contributed by atoms with E-state index in [2.05, 4.69) is 9.64 Å². The molecule has 0 bridgehead atoms. The number of nitrogens with zero attached hydrogens (tertiary/aromatic N) is 1. The summed E-state index contributed by atoms with van der Waals surface area (Å²) >= 11 is 0. The monoisotopic (exact) mass is 348 g/mol. The molecule has 1 aromatic carbocycles. The van der Waals surface area contributed by atoms with Gasteiger partial charge in [0.2, 0.25) is 0 Å². The van der Waals surface area contributed by atoms with Crippen LogP contribution in [-0.4, -0.2) is 37.8 Å². The molecule has 3 rings (SSSR count). The van der Waals surface area contributed by atoms with Gasteiger partial charge in [-0.05, 0) is 42.4 Å². The van der Waals surface area contributed by atoms with Crippen LogP contribution in [0.15, 0.2) is 18.2 Å². The minimum atomic E-state index is -2.85. The topological polar surface area (TPSA) is 47.7 Å². The summed E-state index contributed by atoms with van der Waals surface area (Å²) in [6, 6.07) is 5.52. The molecule has 3 unspecified atom stereocenters. The lowest BCUT2D eigenvalue weighted by molar-refractivity contribution is -0.0512. The number of likely N-dealkylation sites (tertiary alicyclic amines) is 1. The van der Waals surface area contributed by atoms with Gasteiger partial charge in [-0.1, -0.05) is 6.07 Å². The molecule has 2 aliphatic rings. The van der Waals surface area contributed by atoms with Gasteiger partial charge in [0.15, 0.2) is 11.5 Å². The van der Waals surface area contributed by atoms with Crippen molar-refractivity contribution >= 4 is 12.4 Å². The molecule has 4 nitrogen and oxygen atoms in total. The second-order valence-electron chi connectivity index (χ2n) is 6.22. The highest BCUT2D eigenvalue weighted by atomic mass is 35.5. The van der Waals surface area contributed by atoms with Crippen LogP contribution in [0.2, 0.25) is 0 Å². The number of alkyl halides is 2. The summed E-state index contributed by atoms with van der Waals surface area (Å²) in [7, 11) is 1.44. The predicted molar refractivity (Wildman–Crippen MR) is 86.3 cm³/mol. The number of hydrogen-bond donors (Lipinski definition) is 1. The zero-order valence-corrected chi connectivity index (χ0v) is 13.9. The van der Waals surface area contributed by atoms with Gasteiger partial charge in [-0.3, -0.25) is 4.90 Å². The Morgan fingerprint density at radius 3 is 2.70 bits per heavy atom. The van der Waals surface area contributed by atoms with Crippen LogP contribution in [0, 0.1) is 11.8 Å². The molecule has 0 aromatic heterocycles. The highest BCUT2D eigenvalue weighted by Gasteiger charge is 2.40. The van der Waals surface area contributed by atoms with E-state index in [1.807, 2.05) is 6.07 Å². The van der Waals surface area contributed by atoms with Crippen LogP contribution >= 0.6 is 12.4 Å². The summed E-state index contributed by atoms with van der Waals surface area (Å²) in [5.74, 6) is 1.68. The van der Waals surface area contributed by atoms with Crippen molar-refractivity contribution in [2.75, 3.05) is 20.2 Å². The average molecular weight is 349 g/mol. The molecule has 3 atom stereocenters. The molecule has 0 radical (unpaired) electrons. The second kappa shape index (κ2) is 7.64. The number of halogens is 3. The number of benzene rings is 1. The van der Waals surface area contributed by atoms with Crippen LogP contribution in [0.4, 0.5) is 8.78 Å². The van der Waals surface area contributed by atoms with Crippen molar-refractivity contribution in [3.8, 4) is 11.5 Å². The maximum atomic E-state index is 12.5. The van der Waals surface area contributed by atoms with Gasteiger partial charge in [-0.2, -0.15) is 8.78 Å². The zero-order valence-electron chi connectivity index (χ0n) is 13.1. The number of fused-ring (bicyclic) bond motifs is 1. The third-order valence-corrected chi connectivity index (χ3v) is 4.84. The molecule has 1 saturated heterocycles. The number of nitrogens with two attached hydrogens (primary N) is 1. The van der Waals surface area contributed by atoms with Crippen LogP contribution in [0.3, 0.4) is 0 Å². The maximum Gasteiger partial charge on any atom is 0.387 e. The van der Waals surface area contributed by atoms with Gasteiger partial charge in [0.25, 0.3) is 0 Å². The SMILES string of the molecule is COc1ccc(CN2CC3CCC(N)C3C2)cc1OC(F)F.Cl. The third kappa shape index (κ3) is 4.05. The van der Waals surface area contributed by atoms with E-state index in [0.717, 1.165) is 31.6 Å². The van der Waals surface area contributed by atoms with Crippen LogP contribution in [0.25, 0.3) is 0 Å². The van der Waals surface area contributed by atoms with Crippen molar-refractivity contribution < 1.29 is 18.3 Å². The van der Waals surface area contributed by atoms with Gasteiger partial charge >= 0.3 is 6.61 Å². The Morgan fingerprint density at radius 2 is 2.04 bits per heavy atom. The molecule has 130 valence electrons. The smallest absolute Gasteiger partial charge is 0.387 e. The van der Waals surface area contributed by atoms with Gasteiger partial charge < -0.3 is 15.2 Å². The highest BCUT2D eigenvalue weighted by Crippen LogP contribution is 2.38. The fourth-order valence-corrected chi connectivity index (χ4v) is 3.79. The maximum absolute atomic E-state index is 12.5. The lowest BCUT2D eigenvalue weighted by Crippen LogP contribution is -2.30. The molecular formula is C16H23ClF2N2O2. The summed E-state index contributed by atoms with van der Waals surface area (Å²) in [6.07, 6.45) is 2.32. The second-order valence-corrected chi connectivity index (χ2v) is 6.22. The minimum Gasteiger partial charge on any atom is -0.493 e. The standard InChI is InChI=1S/C16H22F2N2O2.ClH/c1-21-14-5-2-10(6-15(14)22-16(17)18)7-20-8-11-3-4-13(19)12(11)9-20;/h2,5-6,11-13,16H,3-4,7-9,19H2,1H3;1H. The van der Waals surface area contributed by atoms with Crippen LogP contribution < -0.4 is 15.2 Å². The van der Waals surface area contributed by atoms with Gasteiger partial charge in [-0.15, -0.1) is 12.4 Å². The van der Waals surface area contributed by atoms with Gasteiger partial charge in [0.05, 0.1) is 7.11 Å². The van der Waals surface area contributed by atoms with Crippen molar-refractivity contribution in [1.82, 2.24) is 4.90 Å². The summed E-state index contributed by atoms with van der Waals surface area (Å²) in [5, 5.41) is 0. The number of ether oxygens (including phenoxy) is 2. The van der Waals surface area contributed by atoms with Gasteiger partial charge in [0.1, 0.15) is 0 Å². The Morgan fingerprint density at radius 1 is 1.26 bits per heavy atom. The van der Waals surface area contributed by atoms with E-state index < -0.39 is 6.61 Å². The molecule has 0 amide bonds. The Labute approximate surface area is 141 Å². The molecule has 1 aromatic rings. The molecule has 2 N–H and O–H groups in total. The molecular weight excluding hydrogens is 326 g/mol. The van der Waals surface area contributed by atoms with E-state index >= 15 is 0 Å². The van der Waals surface area contributed by atoms with E-state index in [4.69, 9.17) is 10.5 Å². The van der Waals surface area contributed by atoms with Crippen molar-refractivity contribution in [3.05, 3.63) is 23.8 Å². The van der Waals surface area contributed by atoms with Crippen molar-refractivity contribution in [1.29, 1.82) is 0 Å². The van der Waals surface area contributed by atoms with Crippen molar-refractivity contribution in [3.63, 3.8) is 0 Å². The molecule has 7 heteroatoms. The molecule has 0 spiro atoms. The summed E-state index contributed by atoms with van der Waals surface area (Å²) in [6.45, 7) is -0.102. The number of methoxy groups -OCH3 is 1. The van der Waals surface area contributed by atoms with Gasteiger partial charge in [0, 0.05) is 25.7 Å². The molecule has 23 heavy (non-hydrogen) atoms. The fourth-order valence-electron chi connectivity index (χ4n) is 3.79. The Balaban J connectivity index is 0.00000192. The Kier molecular flexibility index (Phi) is 6.06. The van der Waals surface area contributed by atoms with Crippen molar-refractivity contribution in [2.45, 2.75) is 32.0 Å². The van der Waals surface area contributed by atoms with Crippen LogP contribution in [0.5, 0.6) is 11.5 Å². The lowest BCUT2D eigenvalue weighted by atomic mass is 9.98. The minimum absolute atomic E-state index is 0. The molecule has 1 heterocycles. The molecule has 1 saturated carbocycles. The summed E-state index contributed by atoms with van der Waals surface area (Å²) < 4.78 is 34.5. The summed E-state index contributed by atoms with van der Waals surface area (Å²) in [5.41, 5.74) is 7.09. The predicted octanol–water partition coefficient (Wildman–Crippen LogP) is 2.89. The van der Waals surface area contributed by atoms with E-state index in [-0.39, 0.29) is 18.2 Å². The number of rotatable bonds is 5. The largest absolute Gasteiger partial charge is 0.493 e. The van der Waals surface area contributed by atoms with E-state index in [0.29, 0.717) is 23.6 Å². The first kappa shape index (κ1) is 18.2. The molecule has 1 aliphatic heterocycles. The highest BCUT2D eigenvalue weighted by molar-refractivity contribution is 5.85. The zero-order chi connectivity index (χ0) is 15.7. The van der Waals surface area contributed by atoms with Crippen molar-refractivity contribution in [2.24, 2.45) is 17.6 Å². The summed E-state index contributed by atoms with van der Waals surface area (Å²) in [4.78, 5) is 2.35. The van der Waals surface area contributed by atoms with E-state index in [1.54, 1.807) is 12.1 Å². The Hall–Kier alpha value is -1.11. The lowest BCUT2D eigenvalue weighted by Gasteiger charge is -2.19. The third-order valence-electron chi connectivity index (χ3n) is 4.84. The normalized spacial score (nSPS) is 26.9. The fraction of sp³-hybridized carbons (Fsp3) is 0.625. The van der Waals surface area contributed by atoms with Crippen LogP contribution in [0.1, 0.15) is 18.4 Å². The molecule has 2 fully saturated rings. The first-order valence-electron chi connectivity index (χ1n) is 7.66. The number of hydrogen-bond acceptors (Lipinski definition) is 4. The van der Waals surface area contributed by atoms with E-state index in [1.165, 1.54) is 13.5 Å².